The van der Waals surface area contributed by atoms with Gasteiger partial charge in [0.25, 0.3) is 0 Å². The lowest BCUT2D eigenvalue weighted by Crippen LogP contribution is -1.38. The normalized spacial score (nSPS) is 7.08. The number of hydrogen-bond acceptors (Lipinski definition) is 2. The Morgan fingerprint density at radius 3 is 0.846 bits per heavy atom. The standard InChI is InChI=1S/S13/c1-3-5-7-9-11-13-12-10-8-6-4-2. The first-order valence-corrected chi connectivity index (χ1v) is 18.0. The fraction of sp³-hybridized carbons (Fsp3) is 0. The van der Waals surface area contributed by atoms with E-state index in [1.165, 1.54) is 17.8 Å². The Kier molecular flexibility index (Phi) is 18.1. The predicted octanol–water partition coefficient (Wildman–Crippen LogP) is -0.0312. The molecule has 0 aromatic heterocycles. The van der Waals surface area contributed by atoms with Gasteiger partial charge in [-0.2, -0.15) is 0 Å². The first-order valence-electron chi connectivity index (χ1n) is 2.00. The van der Waals surface area contributed by atoms with Crippen molar-refractivity contribution in [2.45, 2.75) is 0 Å². The Morgan fingerprint density at radius 1 is 0.385 bits per heavy atom. The average molecular weight is 417 g/mol. The maximum absolute atomic E-state index is 4.70. The van der Waals surface area contributed by atoms with Gasteiger partial charge in [0, 0.05) is 120 Å². The van der Waals surface area contributed by atoms with Crippen molar-refractivity contribution >= 4 is 120 Å². The largest absolute Gasteiger partial charge is 0 e. The molecule has 0 atom stereocenters. The van der Waals surface area contributed by atoms with E-state index >= 15 is 0 Å². The molecule has 0 aliphatic rings. The van der Waals surface area contributed by atoms with Crippen molar-refractivity contribution in [2.24, 2.45) is 0 Å². The second kappa shape index (κ2) is 14.9. The molecule has 0 spiro atoms. The van der Waals surface area contributed by atoms with E-state index in [2.05, 4.69) is 0 Å². The second-order valence-corrected chi connectivity index (χ2v) is 20.2. The minimum absolute atomic E-state index is 1.36. The molecule has 0 saturated heterocycles. The van der Waals surface area contributed by atoms with Crippen LogP contribution in [-0.4, -0.2) is 0 Å². The van der Waals surface area contributed by atoms with Crippen molar-refractivity contribution in [2.75, 3.05) is 0 Å². The Bertz CT molecular complexity index is 510. The molecule has 13 heteroatoms. The molecule has 0 aliphatic heterocycles. The summed E-state index contributed by atoms with van der Waals surface area (Å²) in [4.78, 5) is 0. The zero-order valence-corrected chi connectivity index (χ0v) is 15.9. The first-order chi connectivity index (χ1) is 6.41. The van der Waals surface area contributed by atoms with Crippen molar-refractivity contribution in [3.05, 3.63) is 0 Å². The van der Waals surface area contributed by atoms with Gasteiger partial charge in [-0.3, -0.25) is 0 Å². The zero-order valence-electron chi connectivity index (χ0n) is 5.31. The van der Waals surface area contributed by atoms with E-state index in [-0.39, 0.29) is 0 Å². The van der Waals surface area contributed by atoms with Gasteiger partial charge in [-0.25, -0.2) is 0 Å². The van der Waals surface area contributed by atoms with Crippen LogP contribution in [0.3, 0.4) is 0 Å². The average Bonchev–Trinajstić information content (AvgIpc) is 2.16. The summed E-state index contributed by atoms with van der Waals surface area (Å²) in [6.07, 6.45) is 0. The van der Waals surface area contributed by atoms with E-state index in [0.717, 1.165) is 0 Å². The predicted molar refractivity (Wildman–Crippen MR) is 95.7 cm³/mol. The molecule has 0 aromatic rings. The number of rotatable bonds is 0. The smallest absolute Gasteiger partial charge is 0 e. The van der Waals surface area contributed by atoms with Crippen LogP contribution in [0, 0.1) is 0 Å². The van der Waals surface area contributed by atoms with Gasteiger partial charge in [-0.1, -0.05) is 0 Å². The molecule has 0 rings (SSSR count). The van der Waals surface area contributed by atoms with Crippen LogP contribution in [0.15, 0.2) is 0 Å². The summed E-state index contributed by atoms with van der Waals surface area (Å²) in [6, 6.07) is 0. The minimum atomic E-state index is 1.36. The van der Waals surface area contributed by atoms with Gasteiger partial charge < -0.3 is 0 Å². The summed E-state index contributed by atoms with van der Waals surface area (Å²) in [6.45, 7) is 0. The van der Waals surface area contributed by atoms with Crippen molar-refractivity contribution in [3.63, 3.8) is 0 Å². The Hall–Kier alpha value is 2.86. The quantitative estimate of drug-likeness (QED) is 0.544. The molecule has 78 valence electrons. The minimum Gasteiger partial charge on any atom is 0 e. The van der Waals surface area contributed by atoms with Gasteiger partial charge in [-0.15, -0.1) is 0 Å². The van der Waals surface area contributed by atoms with E-state index in [1.807, 2.05) is 0 Å². The highest BCUT2D eigenvalue weighted by atomic mass is 33.5. The Morgan fingerprint density at radius 2 is 0.615 bits per heavy atom. The first kappa shape index (κ1) is 15.9. The van der Waals surface area contributed by atoms with Gasteiger partial charge >= 0.3 is 0 Å². The van der Waals surface area contributed by atoms with E-state index in [9.17, 15) is 0 Å². The SMILES string of the molecule is S=S=S=S=S=S=S=S=S=S=S=S=S. The summed E-state index contributed by atoms with van der Waals surface area (Å²) in [5.41, 5.74) is 0. The van der Waals surface area contributed by atoms with Gasteiger partial charge in [0.15, 0.2) is 0 Å². The van der Waals surface area contributed by atoms with Gasteiger partial charge in [0.2, 0.25) is 0 Å². The fourth-order valence-corrected chi connectivity index (χ4v) is 24.8. The van der Waals surface area contributed by atoms with E-state index in [4.69, 9.17) is 22.4 Å². The van der Waals surface area contributed by atoms with Crippen molar-refractivity contribution in [3.8, 4) is 0 Å². The van der Waals surface area contributed by atoms with E-state index in [1.54, 1.807) is 79.9 Å². The molecule has 0 radical (unpaired) electrons. The van der Waals surface area contributed by atoms with Gasteiger partial charge in [0.05, 0.1) is 0 Å². The van der Waals surface area contributed by atoms with Crippen molar-refractivity contribution < 1.29 is 0 Å². The molecule has 0 aromatic carbocycles. The molecule has 0 unspecified atom stereocenters. The molecule has 13 heavy (non-hydrogen) atoms. The van der Waals surface area contributed by atoms with Crippen LogP contribution in [0.25, 0.3) is 0 Å². The summed E-state index contributed by atoms with van der Waals surface area (Å²) in [5.74, 6) is 0. The van der Waals surface area contributed by atoms with Gasteiger partial charge in [0.1, 0.15) is 0 Å². The van der Waals surface area contributed by atoms with Crippen molar-refractivity contribution in [1.82, 2.24) is 0 Å². The Balaban J connectivity index is 5.52. The fourth-order valence-electron chi connectivity index (χ4n) is 0.102. The third kappa shape index (κ3) is 14.9. The summed E-state index contributed by atoms with van der Waals surface area (Å²) in [5, 5.41) is 0. The molecule has 0 heterocycles. The van der Waals surface area contributed by atoms with Crippen LogP contribution < -0.4 is 0 Å². The highest BCUT2D eigenvalue weighted by Crippen LogP contribution is 1.38. The highest BCUT2D eigenvalue weighted by Gasteiger charge is 1.39. The molecule has 0 fully saturated rings. The van der Waals surface area contributed by atoms with E-state index in [0.29, 0.717) is 0 Å². The lowest BCUT2D eigenvalue weighted by atomic mass is 30.7. The third-order valence-corrected chi connectivity index (χ3v) is 22.5. The monoisotopic (exact) mass is 416 g/mol. The molecule has 0 saturated carbocycles. The van der Waals surface area contributed by atoms with Crippen LogP contribution in [0.2, 0.25) is 0 Å². The third-order valence-electron chi connectivity index (χ3n) is 0.278. The molecule has 0 nitrogen and oxygen atoms in total. The number of hydrogen-bond donors (Lipinski definition) is 0. The lowest BCUT2D eigenvalue weighted by Gasteiger charge is -1.38. The second-order valence-electron chi connectivity index (χ2n) is 0.748. The summed E-state index contributed by atoms with van der Waals surface area (Å²) < 4.78 is 0. The maximum Gasteiger partial charge on any atom is 0 e. The van der Waals surface area contributed by atoms with Gasteiger partial charge in [-0.05, 0) is 0 Å². The topological polar surface area (TPSA) is 0 Å². The summed E-state index contributed by atoms with van der Waals surface area (Å²) >= 11 is 9.40. The van der Waals surface area contributed by atoms with Crippen molar-refractivity contribution in [1.29, 1.82) is 0 Å². The van der Waals surface area contributed by atoms with Crippen LogP contribution >= 0.6 is 0 Å². The molecule has 0 bridgehead atoms. The molecule has 0 amide bonds. The van der Waals surface area contributed by atoms with Crippen LogP contribution in [-0.2, 0) is 120 Å². The molecule has 0 N–H and O–H groups in total. The van der Waals surface area contributed by atoms with Crippen LogP contribution in [0.4, 0.5) is 0 Å². The summed E-state index contributed by atoms with van der Waals surface area (Å²) in [7, 11) is 18.1. The molecular formula is S13. The maximum atomic E-state index is 4.70. The van der Waals surface area contributed by atoms with Crippen LogP contribution in [0.1, 0.15) is 0 Å². The lowest BCUT2D eigenvalue weighted by molar-refractivity contribution is 5.99. The Labute approximate surface area is 117 Å². The van der Waals surface area contributed by atoms with Crippen LogP contribution in [0.5, 0.6) is 0 Å². The zero-order chi connectivity index (χ0) is 9.78. The highest BCUT2D eigenvalue weighted by molar-refractivity contribution is 8.75. The molecular weight excluding hydrogens is 417 g/mol. The van der Waals surface area contributed by atoms with E-state index < -0.39 is 0 Å². The molecule has 0 aliphatic carbocycles.